The third-order valence-corrected chi connectivity index (χ3v) is 10.2. The van der Waals surface area contributed by atoms with Gasteiger partial charge in [-0.3, -0.25) is 0 Å². The number of furan rings is 1. The van der Waals surface area contributed by atoms with Gasteiger partial charge in [0, 0.05) is 49.6 Å². The van der Waals surface area contributed by atoms with Crippen molar-refractivity contribution in [3.8, 4) is 17.1 Å². The van der Waals surface area contributed by atoms with Crippen LogP contribution in [0, 0.1) is 0 Å². The second kappa shape index (κ2) is 11.2. The van der Waals surface area contributed by atoms with E-state index in [1.54, 1.807) is 0 Å². The van der Waals surface area contributed by atoms with Crippen LogP contribution in [-0.4, -0.2) is 9.55 Å². The molecule has 11 rings (SSSR count). The first kappa shape index (κ1) is 28.7. The first-order valence-corrected chi connectivity index (χ1v) is 17.5. The van der Waals surface area contributed by atoms with Gasteiger partial charge in [-0.2, -0.15) is 0 Å². The molecule has 5 nitrogen and oxygen atoms in total. The summed E-state index contributed by atoms with van der Waals surface area (Å²) in [5.41, 5.74) is 10.6. The zero-order valence-corrected chi connectivity index (χ0v) is 27.9. The van der Waals surface area contributed by atoms with E-state index in [0.717, 1.165) is 72.1 Å². The van der Waals surface area contributed by atoms with Gasteiger partial charge in [-0.25, -0.2) is 4.98 Å². The number of aromatic nitrogens is 2. The molecular weight excluding hydrogens is 639 g/mol. The van der Waals surface area contributed by atoms with E-state index >= 15 is 0 Å². The molecule has 0 fully saturated rings. The van der Waals surface area contributed by atoms with Gasteiger partial charge in [0.25, 0.3) is 0 Å². The Bertz CT molecular complexity index is 3080. The highest BCUT2D eigenvalue weighted by Gasteiger charge is 2.23. The van der Waals surface area contributed by atoms with Crippen molar-refractivity contribution in [3.63, 3.8) is 0 Å². The standard InChI is InChI=1S/C47H29N3O2/c1-2-12-30(13-3-1)47-48-45-42(28-31-14-4-5-15-35(31)46(45)52-47)49(34-26-27-44-39(29-34)38-18-8-11-21-43(38)51-44)32-22-24-33(25-23-32)50-40-19-9-6-16-36(40)37-17-7-10-20-41(37)50/h1-29H. The number of nitrogens with zero attached hydrogens (tertiary/aromatic N) is 3. The summed E-state index contributed by atoms with van der Waals surface area (Å²) < 4.78 is 15.2. The molecule has 0 saturated heterocycles. The third kappa shape index (κ3) is 4.33. The van der Waals surface area contributed by atoms with Gasteiger partial charge in [-0.1, -0.05) is 97.1 Å². The lowest BCUT2D eigenvalue weighted by molar-refractivity contribution is 0.623. The maximum atomic E-state index is 6.64. The first-order chi connectivity index (χ1) is 25.8. The average molecular weight is 668 g/mol. The molecule has 8 aromatic carbocycles. The van der Waals surface area contributed by atoms with E-state index in [1.165, 1.54) is 21.8 Å². The van der Waals surface area contributed by atoms with Gasteiger partial charge in [-0.15, -0.1) is 0 Å². The molecule has 0 aliphatic carbocycles. The highest BCUT2D eigenvalue weighted by Crippen LogP contribution is 2.45. The molecule has 3 heterocycles. The number of rotatable bonds is 5. The van der Waals surface area contributed by atoms with E-state index in [9.17, 15) is 0 Å². The molecule has 0 spiro atoms. The Balaban J connectivity index is 1.16. The van der Waals surface area contributed by atoms with Crippen LogP contribution in [0.5, 0.6) is 0 Å². The highest BCUT2D eigenvalue weighted by atomic mass is 16.3. The predicted octanol–water partition coefficient (Wildman–Crippen LogP) is 13.1. The van der Waals surface area contributed by atoms with Crippen LogP contribution in [0.2, 0.25) is 0 Å². The van der Waals surface area contributed by atoms with Crippen LogP contribution in [0.15, 0.2) is 185 Å². The van der Waals surface area contributed by atoms with Crippen molar-refractivity contribution in [1.29, 1.82) is 0 Å². The number of benzene rings is 8. The van der Waals surface area contributed by atoms with Crippen molar-refractivity contribution in [2.75, 3.05) is 4.90 Å². The molecular formula is C47H29N3O2. The van der Waals surface area contributed by atoms with Crippen LogP contribution in [0.3, 0.4) is 0 Å². The third-order valence-electron chi connectivity index (χ3n) is 10.2. The maximum absolute atomic E-state index is 6.64. The molecule has 5 heteroatoms. The molecule has 3 aromatic heterocycles. The van der Waals surface area contributed by atoms with Crippen molar-refractivity contribution in [1.82, 2.24) is 9.55 Å². The molecule has 0 saturated carbocycles. The van der Waals surface area contributed by atoms with Crippen molar-refractivity contribution in [3.05, 3.63) is 176 Å². The Kier molecular flexibility index (Phi) is 6.18. The molecule has 11 aromatic rings. The monoisotopic (exact) mass is 667 g/mol. The highest BCUT2D eigenvalue weighted by molar-refractivity contribution is 6.13. The van der Waals surface area contributed by atoms with E-state index in [1.807, 2.05) is 42.5 Å². The van der Waals surface area contributed by atoms with Crippen LogP contribution in [0.1, 0.15) is 0 Å². The van der Waals surface area contributed by atoms with Crippen molar-refractivity contribution in [2.24, 2.45) is 0 Å². The number of oxazole rings is 1. The molecule has 0 bridgehead atoms. The lowest BCUT2D eigenvalue weighted by Gasteiger charge is -2.26. The lowest BCUT2D eigenvalue weighted by atomic mass is 10.1. The number of fused-ring (bicyclic) bond motifs is 9. The quantitative estimate of drug-likeness (QED) is 0.183. The summed E-state index contributed by atoms with van der Waals surface area (Å²) in [6.45, 7) is 0. The SMILES string of the molecule is c1ccc(-c2nc3c(N(c4ccc(-n5c6ccccc6c6ccccc65)cc4)c4ccc5oc6ccccc6c5c4)cc4ccccc4c3o2)cc1. The van der Waals surface area contributed by atoms with Crippen molar-refractivity contribution < 1.29 is 8.83 Å². The fourth-order valence-electron chi connectivity index (χ4n) is 7.83. The largest absolute Gasteiger partial charge is 0.456 e. The second-order valence-corrected chi connectivity index (χ2v) is 13.2. The van der Waals surface area contributed by atoms with Gasteiger partial charge in [0.15, 0.2) is 5.58 Å². The van der Waals surface area contributed by atoms with E-state index in [-0.39, 0.29) is 0 Å². The van der Waals surface area contributed by atoms with E-state index in [2.05, 4.69) is 143 Å². The minimum absolute atomic E-state index is 0.589. The van der Waals surface area contributed by atoms with Crippen LogP contribution in [0.4, 0.5) is 17.1 Å². The molecule has 0 atom stereocenters. The number of para-hydroxylation sites is 3. The molecule has 0 unspecified atom stereocenters. The van der Waals surface area contributed by atoms with Crippen molar-refractivity contribution >= 4 is 82.7 Å². The molecule has 0 N–H and O–H groups in total. The molecule has 52 heavy (non-hydrogen) atoms. The topological polar surface area (TPSA) is 47.3 Å². The Labute approximate surface area is 298 Å². The lowest BCUT2D eigenvalue weighted by Crippen LogP contribution is -2.11. The summed E-state index contributed by atoms with van der Waals surface area (Å²) in [6.07, 6.45) is 0. The smallest absolute Gasteiger partial charge is 0.227 e. The van der Waals surface area contributed by atoms with E-state index in [0.29, 0.717) is 5.89 Å². The molecule has 0 aliphatic rings. The first-order valence-electron chi connectivity index (χ1n) is 17.5. The van der Waals surface area contributed by atoms with Crippen LogP contribution >= 0.6 is 0 Å². The fraction of sp³-hybridized carbons (Fsp3) is 0. The van der Waals surface area contributed by atoms with Crippen LogP contribution in [0.25, 0.3) is 82.8 Å². The van der Waals surface area contributed by atoms with E-state index in [4.69, 9.17) is 13.8 Å². The number of hydrogen-bond donors (Lipinski definition) is 0. The van der Waals surface area contributed by atoms with Gasteiger partial charge >= 0.3 is 0 Å². The number of anilines is 3. The Morgan fingerprint density at radius 2 is 1.08 bits per heavy atom. The van der Waals surface area contributed by atoms with Gasteiger partial charge in [0.1, 0.15) is 16.7 Å². The summed E-state index contributed by atoms with van der Waals surface area (Å²) >= 11 is 0. The summed E-state index contributed by atoms with van der Waals surface area (Å²) in [6, 6.07) is 61.4. The maximum Gasteiger partial charge on any atom is 0.227 e. The zero-order chi connectivity index (χ0) is 34.2. The Morgan fingerprint density at radius 3 is 1.85 bits per heavy atom. The minimum Gasteiger partial charge on any atom is -0.456 e. The molecule has 0 radical (unpaired) electrons. The Morgan fingerprint density at radius 1 is 0.462 bits per heavy atom. The summed E-state index contributed by atoms with van der Waals surface area (Å²) in [7, 11) is 0. The fourth-order valence-corrected chi connectivity index (χ4v) is 7.83. The van der Waals surface area contributed by atoms with Gasteiger partial charge in [0.2, 0.25) is 5.89 Å². The predicted molar refractivity (Wildman–Crippen MR) is 213 cm³/mol. The summed E-state index contributed by atoms with van der Waals surface area (Å²) in [5.74, 6) is 0.589. The van der Waals surface area contributed by atoms with Crippen molar-refractivity contribution in [2.45, 2.75) is 0 Å². The molecule has 0 amide bonds. The van der Waals surface area contributed by atoms with Gasteiger partial charge in [-0.05, 0) is 84.2 Å². The summed E-state index contributed by atoms with van der Waals surface area (Å²) in [4.78, 5) is 7.50. The summed E-state index contributed by atoms with van der Waals surface area (Å²) in [5, 5.41) is 6.71. The minimum atomic E-state index is 0.589. The number of hydrogen-bond acceptors (Lipinski definition) is 4. The van der Waals surface area contributed by atoms with Gasteiger partial charge in [0.05, 0.1) is 16.7 Å². The zero-order valence-electron chi connectivity index (χ0n) is 27.9. The average Bonchev–Trinajstić information content (AvgIpc) is 3.91. The molecule has 0 aliphatic heterocycles. The van der Waals surface area contributed by atoms with E-state index < -0.39 is 0 Å². The second-order valence-electron chi connectivity index (χ2n) is 13.2. The Hall–Kier alpha value is -7.11. The van der Waals surface area contributed by atoms with Crippen LogP contribution < -0.4 is 4.90 Å². The molecule has 244 valence electrons. The van der Waals surface area contributed by atoms with Crippen LogP contribution in [-0.2, 0) is 0 Å². The van der Waals surface area contributed by atoms with Gasteiger partial charge < -0.3 is 18.3 Å². The normalized spacial score (nSPS) is 11.8.